The van der Waals surface area contributed by atoms with Crippen LogP contribution in [0.15, 0.2) is 58.8 Å². The van der Waals surface area contributed by atoms with Gasteiger partial charge in [-0.15, -0.1) is 5.11 Å². The van der Waals surface area contributed by atoms with Crippen molar-refractivity contribution in [2.45, 2.75) is 0 Å². The zero-order valence-corrected chi connectivity index (χ0v) is 12.4. The van der Waals surface area contributed by atoms with E-state index in [1.165, 1.54) is 0 Å². The van der Waals surface area contributed by atoms with E-state index in [0.717, 1.165) is 11.4 Å². The number of benzene rings is 2. The fourth-order valence-electron chi connectivity index (χ4n) is 1.82. The Morgan fingerprint density at radius 2 is 1.67 bits per heavy atom. The molecule has 0 heterocycles. The molecule has 1 amide bonds. The molecule has 0 radical (unpaired) electrons. The van der Waals surface area contributed by atoms with Gasteiger partial charge in [-0.25, -0.2) is 0 Å². The Balaban J connectivity index is 2.23. The van der Waals surface area contributed by atoms with Crippen LogP contribution in [0.2, 0.25) is 0 Å². The first-order valence-corrected chi connectivity index (χ1v) is 6.62. The van der Waals surface area contributed by atoms with Crippen molar-refractivity contribution < 1.29 is 4.79 Å². The van der Waals surface area contributed by atoms with Crippen LogP contribution in [-0.2, 0) is 0 Å². The highest BCUT2D eigenvalue weighted by Crippen LogP contribution is 2.23. The van der Waals surface area contributed by atoms with Gasteiger partial charge >= 0.3 is 0 Å². The first kappa shape index (κ1) is 14.7. The average molecular weight is 282 g/mol. The molecular formula is C16H18N4O. The van der Waals surface area contributed by atoms with Crippen LogP contribution in [0.1, 0.15) is 10.4 Å². The molecule has 0 saturated heterocycles. The molecule has 1 N–H and O–H groups in total. The largest absolute Gasteiger partial charge is 0.378 e. The Morgan fingerprint density at radius 3 is 2.29 bits per heavy atom. The predicted molar refractivity (Wildman–Crippen MR) is 84.8 cm³/mol. The number of azo groups is 1. The van der Waals surface area contributed by atoms with Gasteiger partial charge in [0.05, 0.1) is 16.9 Å². The van der Waals surface area contributed by atoms with Crippen LogP contribution in [0, 0.1) is 0 Å². The molecule has 2 aromatic carbocycles. The summed E-state index contributed by atoms with van der Waals surface area (Å²) in [4.78, 5) is 13.8. The van der Waals surface area contributed by atoms with E-state index in [4.69, 9.17) is 0 Å². The standard InChI is InChI=1S/C16H18N4O/c1-17-16(21)14-6-4-5-7-15(14)19-18-12-8-10-13(11-9-12)20(2)3/h4-11H,1-3H3,(H,17,21). The van der Waals surface area contributed by atoms with Crippen LogP contribution in [0.3, 0.4) is 0 Å². The number of nitrogens with zero attached hydrogens (tertiary/aromatic N) is 3. The lowest BCUT2D eigenvalue weighted by atomic mass is 10.2. The summed E-state index contributed by atoms with van der Waals surface area (Å²) >= 11 is 0. The molecule has 21 heavy (non-hydrogen) atoms. The first-order chi connectivity index (χ1) is 10.1. The fraction of sp³-hybridized carbons (Fsp3) is 0.188. The van der Waals surface area contributed by atoms with Crippen LogP contribution in [0.5, 0.6) is 0 Å². The van der Waals surface area contributed by atoms with Crippen molar-refractivity contribution >= 4 is 23.0 Å². The third kappa shape index (κ3) is 3.66. The van der Waals surface area contributed by atoms with E-state index in [-0.39, 0.29) is 5.91 Å². The topological polar surface area (TPSA) is 57.1 Å². The molecule has 0 spiro atoms. The van der Waals surface area contributed by atoms with Crippen LogP contribution in [0.4, 0.5) is 17.1 Å². The number of anilines is 1. The van der Waals surface area contributed by atoms with Gasteiger partial charge in [0.1, 0.15) is 0 Å². The van der Waals surface area contributed by atoms with E-state index < -0.39 is 0 Å². The smallest absolute Gasteiger partial charge is 0.253 e. The lowest BCUT2D eigenvalue weighted by Gasteiger charge is -2.11. The minimum Gasteiger partial charge on any atom is -0.378 e. The second-order valence-electron chi connectivity index (χ2n) is 4.71. The van der Waals surface area contributed by atoms with E-state index >= 15 is 0 Å². The van der Waals surface area contributed by atoms with Gasteiger partial charge in [-0.3, -0.25) is 4.79 Å². The number of rotatable bonds is 4. The minimum atomic E-state index is -0.174. The highest BCUT2D eigenvalue weighted by molar-refractivity contribution is 5.98. The van der Waals surface area contributed by atoms with Gasteiger partial charge in [-0.1, -0.05) is 12.1 Å². The number of amides is 1. The summed E-state index contributed by atoms with van der Waals surface area (Å²) in [5, 5.41) is 10.9. The summed E-state index contributed by atoms with van der Waals surface area (Å²) in [6.45, 7) is 0. The molecule has 2 aromatic rings. The molecule has 0 aliphatic carbocycles. The number of nitrogens with one attached hydrogen (secondary N) is 1. The highest BCUT2D eigenvalue weighted by atomic mass is 16.1. The number of carbonyl (C=O) groups excluding carboxylic acids is 1. The summed E-state index contributed by atoms with van der Waals surface area (Å²) < 4.78 is 0. The lowest BCUT2D eigenvalue weighted by molar-refractivity contribution is 0.0963. The summed E-state index contributed by atoms with van der Waals surface area (Å²) in [7, 11) is 5.56. The number of hydrogen-bond acceptors (Lipinski definition) is 4. The quantitative estimate of drug-likeness (QED) is 0.872. The molecule has 0 bridgehead atoms. The third-order valence-corrected chi connectivity index (χ3v) is 3.02. The third-order valence-electron chi connectivity index (χ3n) is 3.02. The van der Waals surface area contributed by atoms with Crippen LogP contribution in [0.25, 0.3) is 0 Å². The zero-order valence-electron chi connectivity index (χ0n) is 12.4. The summed E-state index contributed by atoms with van der Waals surface area (Å²) in [6.07, 6.45) is 0. The summed E-state index contributed by atoms with van der Waals surface area (Å²) in [5.74, 6) is -0.174. The number of hydrogen-bond donors (Lipinski definition) is 1. The van der Waals surface area contributed by atoms with Gasteiger partial charge in [0.15, 0.2) is 0 Å². The monoisotopic (exact) mass is 282 g/mol. The summed E-state index contributed by atoms with van der Waals surface area (Å²) in [5.41, 5.74) is 2.90. The van der Waals surface area contributed by atoms with E-state index in [1.807, 2.05) is 49.3 Å². The molecule has 0 aliphatic heterocycles. The Morgan fingerprint density at radius 1 is 1.00 bits per heavy atom. The van der Waals surface area contributed by atoms with Gasteiger partial charge in [0.25, 0.3) is 5.91 Å². The maximum absolute atomic E-state index is 11.7. The fourth-order valence-corrected chi connectivity index (χ4v) is 1.82. The zero-order chi connectivity index (χ0) is 15.2. The molecule has 0 unspecified atom stereocenters. The van der Waals surface area contributed by atoms with Gasteiger partial charge in [-0.05, 0) is 36.4 Å². The lowest BCUT2D eigenvalue weighted by Crippen LogP contribution is -2.17. The SMILES string of the molecule is CNC(=O)c1ccccc1N=Nc1ccc(N(C)C)cc1. The molecule has 5 heteroatoms. The minimum absolute atomic E-state index is 0.174. The van der Waals surface area contributed by atoms with E-state index in [1.54, 1.807) is 25.2 Å². The maximum atomic E-state index is 11.7. The van der Waals surface area contributed by atoms with Crippen LogP contribution < -0.4 is 10.2 Å². The summed E-state index contributed by atoms with van der Waals surface area (Å²) in [6, 6.07) is 14.8. The molecule has 0 aliphatic rings. The molecule has 0 aromatic heterocycles. The molecule has 108 valence electrons. The van der Waals surface area contributed by atoms with Crippen molar-refractivity contribution in [2.75, 3.05) is 26.0 Å². The van der Waals surface area contributed by atoms with E-state index in [9.17, 15) is 4.79 Å². The van der Waals surface area contributed by atoms with Crippen LogP contribution in [-0.4, -0.2) is 27.1 Å². The molecule has 0 atom stereocenters. The van der Waals surface area contributed by atoms with Gasteiger partial charge in [0.2, 0.25) is 0 Å². The molecule has 0 saturated carbocycles. The predicted octanol–water partition coefficient (Wildman–Crippen LogP) is 3.53. The second kappa shape index (κ2) is 6.65. The Hall–Kier alpha value is -2.69. The Kier molecular flexibility index (Phi) is 4.66. The molecule has 5 nitrogen and oxygen atoms in total. The molecule has 2 rings (SSSR count). The normalized spacial score (nSPS) is 10.6. The first-order valence-electron chi connectivity index (χ1n) is 6.62. The van der Waals surface area contributed by atoms with Crippen molar-refractivity contribution in [3.63, 3.8) is 0 Å². The second-order valence-corrected chi connectivity index (χ2v) is 4.71. The molecule has 0 fully saturated rings. The van der Waals surface area contributed by atoms with E-state index in [0.29, 0.717) is 11.3 Å². The Labute approximate surface area is 124 Å². The highest BCUT2D eigenvalue weighted by Gasteiger charge is 2.08. The van der Waals surface area contributed by atoms with Crippen molar-refractivity contribution in [1.29, 1.82) is 0 Å². The maximum Gasteiger partial charge on any atom is 0.253 e. The van der Waals surface area contributed by atoms with Crippen molar-refractivity contribution in [2.24, 2.45) is 10.2 Å². The van der Waals surface area contributed by atoms with Crippen molar-refractivity contribution in [1.82, 2.24) is 5.32 Å². The van der Waals surface area contributed by atoms with E-state index in [2.05, 4.69) is 15.5 Å². The average Bonchev–Trinajstić information content (AvgIpc) is 2.52. The van der Waals surface area contributed by atoms with Crippen molar-refractivity contribution in [3.8, 4) is 0 Å². The van der Waals surface area contributed by atoms with Gasteiger partial charge in [-0.2, -0.15) is 5.11 Å². The Bertz CT molecular complexity index is 648. The van der Waals surface area contributed by atoms with Gasteiger partial charge in [0, 0.05) is 26.8 Å². The number of carbonyl (C=O) groups is 1. The molecular weight excluding hydrogens is 264 g/mol. The van der Waals surface area contributed by atoms with Crippen molar-refractivity contribution in [3.05, 3.63) is 54.1 Å². The van der Waals surface area contributed by atoms with Gasteiger partial charge < -0.3 is 10.2 Å². The van der Waals surface area contributed by atoms with Crippen LogP contribution >= 0.6 is 0 Å².